The van der Waals surface area contributed by atoms with Crippen LogP contribution >= 0.6 is 11.3 Å². The Bertz CT molecular complexity index is 333. The van der Waals surface area contributed by atoms with Crippen LogP contribution in [0.25, 0.3) is 0 Å². The number of amides is 1. The summed E-state index contributed by atoms with van der Waals surface area (Å²) in [5, 5.41) is 1.99. The molecule has 2 N–H and O–H groups in total. The maximum absolute atomic E-state index is 11.2. The Morgan fingerprint density at radius 2 is 2.00 bits per heavy atom. The number of rotatable bonds is 1. The molecular weight excluding hydrogens is 182 g/mol. The van der Waals surface area contributed by atoms with Crippen molar-refractivity contribution in [1.82, 2.24) is 0 Å². The van der Waals surface area contributed by atoms with E-state index in [-0.39, 0.29) is 11.3 Å². The normalized spacial score (nSPS) is 11.7. The van der Waals surface area contributed by atoms with Crippen molar-refractivity contribution in [2.45, 2.75) is 33.1 Å². The smallest absolute Gasteiger partial charge is 0.250 e. The zero-order valence-corrected chi connectivity index (χ0v) is 9.29. The Labute approximate surface area is 82.8 Å². The number of carbonyl (C=O) groups is 1. The summed E-state index contributed by atoms with van der Waals surface area (Å²) in [6.45, 7) is 8.19. The van der Waals surface area contributed by atoms with Crippen LogP contribution in [-0.4, -0.2) is 5.91 Å². The van der Waals surface area contributed by atoms with Gasteiger partial charge in [-0.2, -0.15) is 0 Å². The number of hydrogen-bond acceptors (Lipinski definition) is 2. The van der Waals surface area contributed by atoms with Gasteiger partial charge in [0.2, 0.25) is 5.91 Å². The first-order chi connectivity index (χ1) is 5.84. The van der Waals surface area contributed by atoms with Crippen LogP contribution in [-0.2, 0) is 5.41 Å². The molecule has 0 spiro atoms. The molecule has 1 aromatic rings. The van der Waals surface area contributed by atoms with Crippen molar-refractivity contribution in [2.24, 2.45) is 5.73 Å². The number of nitrogens with two attached hydrogens (primary N) is 1. The lowest BCUT2D eigenvalue weighted by atomic mass is 9.90. The van der Waals surface area contributed by atoms with Gasteiger partial charge in [0, 0.05) is 4.88 Å². The summed E-state index contributed by atoms with van der Waals surface area (Å²) in [5.74, 6) is -0.316. The quantitative estimate of drug-likeness (QED) is 0.738. The molecule has 0 aliphatic heterocycles. The van der Waals surface area contributed by atoms with E-state index in [0.717, 1.165) is 10.4 Å². The average Bonchev–Trinajstić information content (AvgIpc) is 2.28. The van der Waals surface area contributed by atoms with E-state index >= 15 is 0 Å². The molecule has 0 fully saturated rings. The molecule has 0 saturated heterocycles. The number of thiophene rings is 1. The number of carbonyl (C=O) groups excluding carboxylic acids is 1. The minimum Gasteiger partial charge on any atom is -0.366 e. The first-order valence-corrected chi connectivity index (χ1v) is 5.10. The largest absolute Gasteiger partial charge is 0.366 e. The van der Waals surface area contributed by atoms with Crippen molar-refractivity contribution in [2.75, 3.05) is 0 Å². The lowest BCUT2D eigenvalue weighted by molar-refractivity contribution is 0.0998. The highest BCUT2D eigenvalue weighted by Crippen LogP contribution is 2.32. The van der Waals surface area contributed by atoms with E-state index in [1.54, 1.807) is 11.3 Å². The van der Waals surface area contributed by atoms with Crippen molar-refractivity contribution in [3.05, 3.63) is 21.4 Å². The molecule has 0 saturated carbocycles. The molecule has 0 radical (unpaired) electrons. The van der Waals surface area contributed by atoms with E-state index in [0.29, 0.717) is 5.56 Å². The lowest BCUT2D eigenvalue weighted by Gasteiger charge is -2.17. The van der Waals surface area contributed by atoms with Gasteiger partial charge in [-0.3, -0.25) is 4.79 Å². The Hall–Kier alpha value is -0.830. The third-order valence-corrected chi connectivity index (χ3v) is 3.43. The second-order valence-electron chi connectivity index (χ2n) is 4.24. The zero-order chi connectivity index (χ0) is 10.2. The van der Waals surface area contributed by atoms with E-state index in [1.807, 2.05) is 12.3 Å². The van der Waals surface area contributed by atoms with Gasteiger partial charge in [0.15, 0.2) is 0 Å². The second kappa shape index (κ2) is 3.14. The molecule has 0 bridgehead atoms. The highest BCUT2D eigenvalue weighted by Gasteiger charge is 2.23. The molecule has 2 nitrogen and oxygen atoms in total. The van der Waals surface area contributed by atoms with Crippen LogP contribution in [0.1, 0.15) is 41.6 Å². The molecule has 1 heterocycles. The summed E-state index contributed by atoms with van der Waals surface area (Å²) in [6, 6.07) is 0. The number of hydrogen-bond donors (Lipinski definition) is 1. The van der Waals surface area contributed by atoms with Gasteiger partial charge in [0.1, 0.15) is 0 Å². The summed E-state index contributed by atoms with van der Waals surface area (Å²) in [5.41, 5.74) is 7.02. The zero-order valence-electron chi connectivity index (χ0n) is 8.47. The summed E-state index contributed by atoms with van der Waals surface area (Å²) in [7, 11) is 0. The highest BCUT2D eigenvalue weighted by molar-refractivity contribution is 7.10. The van der Waals surface area contributed by atoms with E-state index in [4.69, 9.17) is 5.73 Å². The molecular formula is C10H15NOS. The molecule has 3 heteroatoms. The summed E-state index contributed by atoms with van der Waals surface area (Å²) in [6.07, 6.45) is 0. The van der Waals surface area contributed by atoms with Gasteiger partial charge in [0.25, 0.3) is 0 Å². The first kappa shape index (κ1) is 10.3. The summed E-state index contributed by atoms with van der Waals surface area (Å²) < 4.78 is 0. The lowest BCUT2D eigenvalue weighted by Crippen LogP contribution is -2.19. The van der Waals surface area contributed by atoms with Gasteiger partial charge < -0.3 is 5.73 Å². The number of primary amides is 1. The van der Waals surface area contributed by atoms with Gasteiger partial charge in [-0.05, 0) is 23.3 Å². The Balaban J connectivity index is 3.31. The summed E-state index contributed by atoms with van der Waals surface area (Å²) in [4.78, 5) is 12.3. The predicted molar refractivity (Wildman–Crippen MR) is 56.3 cm³/mol. The highest BCUT2D eigenvalue weighted by atomic mass is 32.1. The molecule has 0 unspecified atom stereocenters. The van der Waals surface area contributed by atoms with Crippen molar-refractivity contribution >= 4 is 17.2 Å². The molecule has 1 aromatic heterocycles. The fourth-order valence-corrected chi connectivity index (χ4v) is 2.45. The molecule has 0 aliphatic rings. The van der Waals surface area contributed by atoms with E-state index in [1.165, 1.54) is 0 Å². The Morgan fingerprint density at radius 3 is 2.31 bits per heavy atom. The topological polar surface area (TPSA) is 43.1 Å². The molecule has 72 valence electrons. The fourth-order valence-electron chi connectivity index (χ4n) is 1.30. The molecule has 1 rings (SSSR count). The van der Waals surface area contributed by atoms with Crippen LogP contribution in [0.4, 0.5) is 0 Å². The van der Waals surface area contributed by atoms with Crippen LogP contribution in [0.5, 0.6) is 0 Å². The van der Waals surface area contributed by atoms with Crippen LogP contribution in [0.2, 0.25) is 0 Å². The molecule has 0 aliphatic carbocycles. The summed E-state index contributed by atoms with van der Waals surface area (Å²) >= 11 is 1.61. The minimum atomic E-state index is -0.316. The maximum atomic E-state index is 11.2. The third-order valence-electron chi connectivity index (χ3n) is 1.90. The second-order valence-corrected chi connectivity index (χ2v) is 5.12. The van der Waals surface area contributed by atoms with Gasteiger partial charge >= 0.3 is 0 Å². The predicted octanol–water partition coefficient (Wildman–Crippen LogP) is 2.45. The van der Waals surface area contributed by atoms with Gasteiger partial charge in [-0.1, -0.05) is 20.8 Å². The minimum absolute atomic E-state index is 0.00326. The van der Waals surface area contributed by atoms with Crippen LogP contribution in [0, 0.1) is 6.92 Å². The van der Waals surface area contributed by atoms with Gasteiger partial charge in [-0.25, -0.2) is 0 Å². The monoisotopic (exact) mass is 197 g/mol. The number of aryl methyl sites for hydroxylation is 1. The van der Waals surface area contributed by atoms with Crippen LogP contribution in [0.15, 0.2) is 5.38 Å². The third kappa shape index (κ3) is 1.91. The van der Waals surface area contributed by atoms with Crippen LogP contribution < -0.4 is 5.73 Å². The first-order valence-electron chi connectivity index (χ1n) is 4.22. The molecule has 0 aromatic carbocycles. The van der Waals surface area contributed by atoms with Crippen molar-refractivity contribution in [1.29, 1.82) is 0 Å². The fraction of sp³-hybridized carbons (Fsp3) is 0.500. The molecule has 0 atom stereocenters. The average molecular weight is 197 g/mol. The van der Waals surface area contributed by atoms with Crippen molar-refractivity contribution < 1.29 is 4.79 Å². The molecule has 1 amide bonds. The standard InChI is InChI=1S/C10H15NOS/c1-6-5-13-8(10(2,3)4)7(6)9(11)12/h5H,1-4H3,(H2,11,12). The van der Waals surface area contributed by atoms with Gasteiger partial charge in [0.05, 0.1) is 5.56 Å². The Kier molecular flexibility index (Phi) is 2.48. The van der Waals surface area contributed by atoms with E-state index in [2.05, 4.69) is 20.8 Å². The SMILES string of the molecule is Cc1csc(C(C)(C)C)c1C(N)=O. The van der Waals surface area contributed by atoms with E-state index in [9.17, 15) is 4.79 Å². The Morgan fingerprint density at radius 1 is 1.46 bits per heavy atom. The van der Waals surface area contributed by atoms with Crippen LogP contribution in [0.3, 0.4) is 0 Å². The van der Waals surface area contributed by atoms with Crippen molar-refractivity contribution in [3.63, 3.8) is 0 Å². The molecule has 13 heavy (non-hydrogen) atoms. The van der Waals surface area contributed by atoms with Crippen molar-refractivity contribution in [3.8, 4) is 0 Å². The van der Waals surface area contributed by atoms with Gasteiger partial charge in [-0.15, -0.1) is 11.3 Å². The maximum Gasteiger partial charge on any atom is 0.250 e. The van der Waals surface area contributed by atoms with E-state index < -0.39 is 0 Å².